The molecule has 0 radical (unpaired) electrons. The number of hydrogen-bond donors (Lipinski definition) is 2. The third-order valence-corrected chi connectivity index (χ3v) is 4.82. The maximum absolute atomic E-state index is 12.2. The van der Waals surface area contributed by atoms with Crippen molar-refractivity contribution in [1.29, 1.82) is 0 Å². The van der Waals surface area contributed by atoms with Crippen LogP contribution in [0.2, 0.25) is 10.0 Å². The topological polar surface area (TPSA) is 90.0 Å². The normalized spacial score (nSPS) is 11.8. The minimum Gasteiger partial charge on any atom is -0.399 e. The molecule has 9 heteroatoms. The summed E-state index contributed by atoms with van der Waals surface area (Å²) in [4.78, 5) is -0.189. The van der Waals surface area contributed by atoms with Gasteiger partial charge in [0.25, 0.3) is 0 Å². The summed E-state index contributed by atoms with van der Waals surface area (Å²) in [7, 11) is -2.10. The Balaban J connectivity index is 2.27. The van der Waals surface area contributed by atoms with E-state index < -0.39 is 10.0 Å². The molecule has 0 amide bonds. The molecule has 2 rings (SSSR count). The van der Waals surface area contributed by atoms with Crippen LogP contribution in [0.1, 0.15) is 5.69 Å². The molecule has 108 valence electrons. The van der Waals surface area contributed by atoms with E-state index in [-0.39, 0.29) is 21.5 Å². The largest absolute Gasteiger partial charge is 0.399 e. The van der Waals surface area contributed by atoms with Gasteiger partial charge in [-0.1, -0.05) is 23.2 Å². The maximum atomic E-state index is 12.2. The molecule has 6 nitrogen and oxygen atoms in total. The van der Waals surface area contributed by atoms with Gasteiger partial charge >= 0.3 is 0 Å². The van der Waals surface area contributed by atoms with Gasteiger partial charge in [0.15, 0.2) is 0 Å². The first-order valence-corrected chi connectivity index (χ1v) is 7.76. The molecule has 0 fully saturated rings. The third-order valence-electron chi connectivity index (χ3n) is 2.50. The lowest BCUT2D eigenvalue weighted by atomic mass is 10.3. The molecule has 0 unspecified atom stereocenters. The molecule has 1 heterocycles. The monoisotopic (exact) mass is 334 g/mol. The average molecular weight is 335 g/mol. The Kier molecular flexibility index (Phi) is 4.24. The fraction of sp³-hybridized carbons (Fsp3) is 0.182. The predicted octanol–water partition coefficient (Wildman–Crippen LogP) is 1.79. The fourth-order valence-electron chi connectivity index (χ4n) is 1.63. The molecular formula is C11H12Cl2N4O2S. The molecule has 1 aromatic carbocycles. The molecule has 0 aliphatic heterocycles. The van der Waals surface area contributed by atoms with Crippen molar-refractivity contribution in [2.24, 2.45) is 7.05 Å². The van der Waals surface area contributed by atoms with Crippen LogP contribution >= 0.6 is 23.2 Å². The second kappa shape index (κ2) is 5.61. The lowest BCUT2D eigenvalue weighted by Gasteiger charge is -2.10. The second-order valence-electron chi connectivity index (χ2n) is 4.12. The lowest BCUT2D eigenvalue weighted by Crippen LogP contribution is -2.24. The van der Waals surface area contributed by atoms with Crippen molar-refractivity contribution in [2.75, 3.05) is 5.73 Å². The van der Waals surface area contributed by atoms with Crippen LogP contribution in [0.5, 0.6) is 0 Å². The number of sulfonamides is 1. The Hall–Kier alpha value is -1.28. The first kappa shape index (κ1) is 15.1. The average Bonchev–Trinajstić information content (AvgIpc) is 2.71. The van der Waals surface area contributed by atoms with Crippen molar-refractivity contribution >= 4 is 38.9 Å². The van der Waals surface area contributed by atoms with Crippen LogP contribution < -0.4 is 10.5 Å². The second-order valence-corrected chi connectivity index (χ2v) is 6.64. The summed E-state index contributed by atoms with van der Waals surface area (Å²) in [6.07, 6.45) is 1.72. The first-order chi connectivity index (χ1) is 9.29. The summed E-state index contributed by atoms with van der Waals surface area (Å²) in [5.74, 6) is 0. The summed E-state index contributed by atoms with van der Waals surface area (Å²) in [6.45, 7) is 0.0419. The van der Waals surface area contributed by atoms with E-state index in [2.05, 4.69) is 9.82 Å². The van der Waals surface area contributed by atoms with Crippen LogP contribution in [0.4, 0.5) is 5.69 Å². The van der Waals surface area contributed by atoms with Crippen LogP contribution in [0.3, 0.4) is 0 Å². The van der Waals surface area contributed by atoms with Gasteiger partial charge in [-0.2, -0.15) is 5.10 Å². The smallest absolute Gasteiger partial charge is 0.243 e. The predicted molar refractivity (Wildman–Crippen MR) is 78.1 cm³/mol. The van der Waals surface area contributed by atoms with Crippen LogP contribution in [0.15, 0.2) is 29.3 Å². The van der Waals surface area contributed by atoms with Gasteiger partial charge in [0.05, 0.1) is 22.3 Å². The standard InChI is InChI=1S/C11H12Cl2N4O2S/c1-17-3-2-8(16-17)6-15-20(18,19)11-9(12)4-7(14)5-10(11)13/h2-5,15H,6,14H2,1H3. The summed E-state index contributed by atoms with van der Waals surface area (Å²) in [5, 5.41) is 4.02. The van der Waals surface area contributed by atoms with Crippen molar-refractivity contribution < 1.29 is 8.42 Å². The molecule has 0 atom stereocenters. The SMILES string of the molecule is Cn1ccc(CNS(=O)(=O)c2c(Cl)cc(N)cc2Cl)n1. The van der Waals surface area contributed by atoms with Crippen molar-refractivity contribution in [2.45, 2.75) is 11.4 Å². The van der Waals surface area contributed by atoms with Gasteiger partial charge in [0, 0.05) is 18.9 Å². The number of aromatic nitrogens is 2. The first-order valence-electron chi connectivity index (χ1n) is 5.52. The van der Waals surface area contributed by atoms with Gasteiger partial charge in [0.2, 0.25) is 10.0 Å². The highest BCUT2D eigenvalue weighted by molar-refractivity contribution is 7.89. The van der Waals surface area contributed by atoms with E-state index >= 15 is 0 Å². The molecule has 0 aliphatic rings. The van der Waals surface area contributed by atoms with Crippen LogP contribution in [-0.2, 0) is 23.6 Å². The molecule has 1 aromatic heterocycles. The number of anilines is 1. The summed E-state index contributed by atoms with van der Waals surface area (Å²) in [5.41, 5.74) is 6.42. The zero-order chi connectivity index (χ0) is 14.9. The number of nitrogens with zero attached hydrogens (tertiary/aromatic N) is 2. The Bertz CT molecular complexity index is 720. The number of rotatable bonds is 4. The van der Waals surface area contributed by atoms with Crippen molar-refractivity contribution in [3.8, 4) is 0 Å². The van der Waals surface area contributed by atoms with E-state index in [0.717, 1.165) is 0 Å². The number of halogens is 2. The van der Waals surface area contributed by atoms with Crippen molar-refractivity contribution in [3.05, 3.63) is 40.1 Å². The van der Waals surface area contributed by atoms with Gasteiger partial charge in [-0.05, 0) is 18.2 Å². The highest BCUT2D eigenvalue weighted by Crippen LogP contribution is 2.31. The Morgan fingerprint density at radius 3 is 2.45 bits per heavy atom. The van der Waals surface area contributed by atoms with E-state index in [4.69, 9.17) is 28.9 Å². The minimum absolute atomic E-state index is 0.0245. The van der Waals surface area contributed by atoms with Crippen molar-refractivity contribution in [1.82, 2.24) is 14.5 Å². The Morgan fingerprint density at radius 2 is 1.95 bits per heavy atom. The van der Waals surface area contributed by atoms with E-state index in [9.17, 15) is 8.42 Å². The number of aryl methyl sites for hydroxylation is 1. The van der Waals surface area contributed by atoms with Gasteiger partial charge in [-0.3, -0.25) is 4.68 Å². The Labute approximate surface area is 126 Å². The maximum Gasteiger partial charge on any atom is 0.243 e. The summed E-state index contributed by atoms with van der Waals surface area (Å²) < 4.78 is 28.4. The molecular weight excluding hydrogens is 323 g/mol. The van der Waals surface area contributed by atoms with Crippen LogP contribution in [-0.4, -0.2) is 18.2 Å². The third kappa shape index (κ3) is 3.24. The number of nitrogens with two attached hydrogens (primary N) is 1. The molecule has 0 bridgehead atoms. The number of hydrogen-bond acceptors (Lipinski definition) is 4. The zero-order valence-electron chi connectivity index (χ0n) is 10.5. The molecule has 0 aliphatic carbocycles. The highest BCUT2D eigenvalue weighted by Gasteiger charge is 2.22. The summed E-state index contributed by atoms with van der Waals surface area (Å²) in [6, 6.07) is 4.38. The van der Waals surface area contributed by atoms with Gasteiger partial charge in [-0.25, -0.2) is 13.1 Å². The fourth-order valence-corrected chi connectivity index (χ4v) is 3.86. The van der Waals surface area contributed by atoms with Crippen molar-refractivity contribution in [3.63, 3.8) is 0 Å². The zero-order valence-corrected chi connectivity index (χ0v) is 12.8. The van der Waals surface area contributed by atoms with Gasteiger partial charge in [-0.15, -0.1) is 0 Å². The molecule has 20 heavy (non-hydrogen) atoms. The van der Waals surface area contributed by atoms with Crippen LogP contribution in [0.25, 0.3) is 0 Å². The van der Waals surface area contributed by atoms with Crippen LogP contribution in [0, 0.1) is 0 Å². The van der Waals surface area contributed by atoms with E-state index in [0.29, 0.717) is 11.4 Å². The van der Waals surface area contributed by atoms with E-state index in [1.165, 1.54) is 12.1 Å². The molecule has 3 N–H and O–H groups in total. The van der Waals surface area contributed by atoms with E-state index in [1.807, 2.05) is 0 Å². The van der Waals surface area contributed by atoms with Gasteiger partial charge < -0.3 is 5.73 Å². The number of benzene rings is 1. The highest BCUT2D eigenvalue weighted by atomic mass is 35.5. The lowest BCUT2D eigenvalue weighted by molar-refractivity contribution is 0.579. The Morgan fingerprint density at radius 1 is 1.35 bits per heavy atom. The summed E-state index contributed by atoms with van der Waals surface area (Å²) >= 11 is 11.8. The molecule has 0 saturated heterocycles. The van der Waals surface area contributed by atoms with E-state index in [1.54, 1.807) is 24.0 Å². The quantitative estimate of drug-likeness (QED) is 0.834. The number of nitrogens with one attached hydrogen (secondary N) is 1. The molecule has 0 spiro atoms. The molecule has 2 aromatic rings. The molecule has 0 saturated carbocycles. The number of nitrogen functional groups attached to an aromatic ring is 1. The van der Waals surface area contributed by atoms with Gasteiger partial charge in [0.1, 0.15) is 4.90 Å². The minimum atomic E-state index is -3.85.